The highest BCUT2D eigenvalue weighted by Crippen LogP contribution is 2.14. The van der Waals surface area contributed by atoms with Crippen LogP contribution in [0.5, 0.6) is 0 Å². The van der Waals surface area contributed by atoms with Crippen molar-refractivity contribution in [1.82, 2.24) is 9.72 Å². The lowest BCUT2D eigenvalue weighted by Crippen LogP contribution is -2.23. The Bertz CT molecular complexity index is 745. The molecule has 0 radical (unpaired) electrons. The summed E-state index contributed by atoms with van der Waals surface area (Å²) < 4.78 is 6.47. The number of fused-ring (bicyclic) bond motifs is 1. The fraction of sp³-hybridized carbons (Fsp3) is 0.0769. The van der Waals surface area contributed by atoms with Crippen molar-refractivity contribution in [2.45, 2.75) is 6.54 Å². The number of hydrogen-bond acceptors (Lipinski definition) is 4. The Morgan fingerprint density at radius 1 is 1.28 bits per heavy atom. The Morgan fingerprint density at radius 2 is 2.11 bits per heavy atom. The van der Waals surface area contributed by atoms with Crippen LogP contribution in [-0.2, 0) is 6.54 Å². The van der Waals surface area contributed by atoms with Crippen molar-refractivity contribution in [1.29, 1.82) is 0 Å². The normalized spacial score (nSPS) is 10.9. The van der Waals surface area contributed by atoms with Gasteiger partial charge in [0.05, 0.1) is 12.7 Å². The van der Waals surface area contributed by atoms with E-state index in [1.165, 1.54) is 10.8 Å². The van der Waals surface area contributed by atoms with Gasteiger partial charge in [-0.15, -0.1) is 0 Å². The van der Waals surface area contributed by atoms with Crippen molar-refractivity contribution in [2.75, 3.05) is 5.73 Å². The van der Waals surface area contributed by atoms with Crippen LogP contribution in [0.2, 0.25) is 0 Å². The average molecular weight is 241 g/mol. The van der Waals surface area contributed by atoms with Gasteiger partial charge in [-0.05, 0) is 17.5 Å². The molecule has 0 aliphatic heterocycles. The minimum Gasteiger partial charge on any atom is -0.385 e. The first kappa shape index (κ1) is 10.6. The molecule has 3 rings (SSSR count). The number of pyridine rings is 1. The summed E-state index contributed by atoms with van der Waals surface area (Å²) in [5.41, 5.74) is 5.78. The number of hydrogen-bond donors (Lipinski definition) is 1. The van der Waals surface area contributed by atoms with Crippen LogP contribution < -0.4 is 11.3 Å². The van der Waals surface area contributed by atoms with Crippen molar-refractivity contribution in [3.05, 3.63) is 58.7 Å². The van der Waals surface area contributed by atoms with Crippen LogP contribution in [0.4, 0.5) is 5.82 Å². The van der Waals surface area contributed by atoms with Gasteiger partial charge < -0.3 is 10.3 Å². The van der Waals surface area contributed by atoms with E-state index in [1.807, 2.05) is 18.2 Å². The lowest BCUT2D eigenvalue weighted by molar-refractivity contribution is 0.376. The Morgan fingerprint density at radius 3 is 2.89 bits per heavy atom. The number of nitrogens with zero attached hydrogens (tertiary/aromatic N) is 2. The van der Waals surface area contributed by atoms with E-state index in [0.29, 0.717) is 17.0 Å². The van der Waals surface area contributed by atoms with Crippen molar-refractivity contribution in [2.24, 2.45) is 0 Å². The fourth-order valence-electron chi connectivity index (χ4n) is 1.96. The first-order valence-electron chi connectivity index (χ1n) is 5.53. The molecule has 0 spiro atoms. The Balaban J connectivity index is 2.20. The summed E-state index contributed by atoms with van der Waals surface area (Å²) in [6.07, 6.45) is 1.54. The number of benzene rings is 1. The second kappa shape index (κ2) is 4.03. The van der Waals surface area contributed by atoms with Gasteiger partial charge in [0.2, 0.25) is 0 Å². The zero-order valence-corrected chi connectivity index (χ0v) is 9.54. The van der Waals surface area contributed by atoms with Crippen molar-refractivity contribution >= 4 is 16.6 Å². The van der Waals surface area contributed by atoms with Crippen molar-refractivity contribution < 1.29 is 4.52 Å². The molecule has 2 aromatic heterocycles. The van der Waals surface area contributed by atoms with Gasteiger partial charge in [0.1, 0.15) is 5.82 Å². The van der Waals surface area contributed by atoms with Crippen LogP contribution in [0.15, 0.2) is 51.9 Å². The standard InChI is InChI=1S/C13H11N3O2/c14-12-7-9-3-1-2-4-11(9)13(17)16(12)8-10-5-6-15-18-10/h1-7H,8,14H2. The second-order valence-corrected chi connectivity index (χ2v) is 4.03. The number of aromatic nitrogens is 2. The van der Waals surface area contributed by atoms with Crippen molar-refractivity contribution in [3.63, 3.8) is 0 Å². The fourth-order valence-corrected chi connectivity index (χ4v) is 1.96. The van der Waals surface area contributed by atoms with Gasteiger partial charge in [0.25, 0.3) is 5.56 Å². The van der Waals surface area contributed by atoms with Gasteiger partial charge >= 0.3 is 0 Å². The van der Waals surface area contributed by atoms with E-state index in [4.69, 9.17) is 10.3 Å². The van der Waals surface area contributed by atoms with Gasteiger partial charge in [-0.2, -0.15) is 0 Å². The third-order valence-corrected chi connectivity index (χ3v) is 2.86. The SMILES string of the molecule is Nc1cc2ccccc2c(=O)n1Cc1ccno1. The van der Waals surface area contributed by atoms with Crippen LogP contribution in [0, 0.1) is 0 Å². The van der Waals surface area contributed by atoms with Crippen LogP contribution in [-0.4, -0.2) is 9.72 Å². The van der Waals surface area contributed by atoms with E-state index in [9.17, 15) is 4.79 Å². The number of nitrogens with two attached hydrogens (primary N) is 1. The van der Waals surface area contributed by atoms with E-state index >= 15 is 0 Å². The highest BCUT2D eigenvalue weighted by Gasteiger charge is 2.08. The molecule has 18 heavy (non-hydrogen) atoms. The van der Waals surface area contributed by atoms with Crippen LogP contribution >= 0.6 is 0 Å². The lowest BCUT2D eigenvalue weighted by Gasteiger charge is -2.09. The molecule has 0 saturated carbocycles. The summed E-state index contributed by atoms with van der Waals surface area (Å²) in [7, 11) is 0. The monoisotopic (exact) mass is 241 g/mol. The van der Waals surface area contributed by atoms with Crippen LogP contribution in [0.1, 0.15) is 5.76 Å². The molecule has 2 heterocycles. The molecule has 0 fully saturated rings. The molecule has 90 valence electrons. The predicted molar refractivity (Wildman–Crippen MR) is 68.2 cm³/mol. The topological polar surface area (TPSA) is 74.1 Å². The van der Waals surface area contributed by atoms with Gasteiger partial charge in [0, 0.05) is 11.5 Å². The summed E-state index contributed by atoms with van der Waals surface area (Å²) in [5.74, 6) is 1.01. The maximum Gasteiger partial charge on any atom is 0.260 e. The molecule has 0 unspecified atom stereocenters. The quantitative estimate of drug-likeness (QED) is 0.739. The largest absolute Gasteiger partial charge is 0.385 e. The highest BCUT2D eigenvalue weighted by molar-refractivity contribution is 5.83. The zero-order valence-electron chi connectivity index (χ0n) is 9.54. The van der Waals surface area contributed by atoms with Crippen molar-refractivity contribution in [3.8, 4) is 0 Å². The van der Waals surface area contributed by atoms with E-state index in [1.54, 1.807) is 18.2 Å². The Hall–Kier alpha value is -2.56. The van der Waals surface area contributed by atoms with Gasteiger partial charge in [-0.25, -0.2) is 0 Å². The maximum atomic E-state index is 12.3. The Labute approximate surface area is 102 Å². The van der Waals surface area contributed by atoms with E-state index in [0.717, 1.165) is 5.39 Å². The molecule has 0 saturated heterocycles. The summed E-state index contributed by atoms with van der Waals surface area (Å²) in [4.78, 5) is 12.3. The molecule has 0 aliphatic rings. The molecule has 3 aromatic rings. The Kier molecular flexibility index (Phi) is 2.37. The van der Waals surface area contributed by atoms with E-state index in [2.05, 4.69) is 5.16 Å². The third kappa shape index (κ3) is 1.66. The molecule has 0 bridgehead atoms. The lowest BCUT2D eigenvalue weighted by atomic mass is 10.1. The molecule has 0 atom stereocenters. The van der Waals surface area contributed by atoms with Crippen LogP contribution in [0.3, 0.4) is 0 Å². The minimum absolute atomic E-state index is 0.123. The smallest absolute Gasteiger partial charge is 0.260 e. The highest BCUT2D eigenvalue weighted by atomic mass is 16.5. The average Bonchev–Trinajstić information content (AvgIpc) is 2.87. The summed E-state index contributed by atoms with van der Waals surface area (Å²) in [6, 6.07) is 10.9. The maximum absolute atomic E-state index is 12.3. The first-order chi connectivity index (χ1) is 8.75. The molecule has 2 N–H and O–H groups in total. The predicted octanol–water partition coefficient (Wildman–Crippen LogP) is 1.62. The molecular formula is C13H11N3O2. The second-order valence-electron chi connectivity index (χ2n) is 4.03. The summed E-state index contributed by atoms with van der Waals surface area (Å²) in [6.45, 7) is 0.287. The van der Waals surface area contributed by atoms with Crippen LogP contribution in [0.25, 0.3) is 10.8 Å². The summed E-state index contributed by atoms with van der Waals surface area (Å²) >= 11 is 0. The molecular weight excluding hydrogens is 230 g/mol. The van der Waals surface area contributed by atoms with E-state index in [-0.39, 0.29) is 12.1 Å². The molecule has 0 amide bonds. The zero-order chi connectivity index (χ0) is 12.5. The molecule has 1 aromatic carbocycles. The minimum atomic E-state index is -0.123. The third-order valence-electron chi connectivity index (χ3n) is 2.86. The van der Waals surface area contributed by atoms with Gasteiger partial charge in [-0.1, -0.05) is 23.4 Å². The number of rotatable bonds is 2. The van der Waals surface area contributed by atoms with Gasteiger partial charge in [0.15, 0.2) is 5.76 Å². The summed E-state index contributed by atoms with van der Waals surface area (Å²) in [5, 5.41) is 5.09. The number of nitrogen functional groups attached to an aromatic ring is 1. The van der Waals surface area contributed by atoms with E-state index < -0.39 is 0 Å². The first-order valence-corrected chi connectivity index (χ1v) is 5.53. The molecule has 0 aliphatic carbocycles. The number of anilines is 1. The van der Waals surface area contributed by atoms with Gasteiger partial charge in [-0.3, -0.25) is 9.36 Å². The molecule has 5 nitrogen and oxygen atoms in total. The molecule has 5 heteroatoms.